The van der Waals surface area contributed by atoms with Crippen LogP contribution in [0.15, 0.2) is 15.6 Å². The maximum atomic E-state index is 11.8. The third-order valence-corrected chi connectivity index (χ3v) is 6.50. The van der Waals surface area contributed by atoms with Crippen LogP contribution in [0.4, 0.5) is 0 Å². The lowest BCUT2D eigenvalue weighted by Gasteiger charge is -2.48. The number of ether oxygens (including phenoxy) is 1. The highest BCUT2D eigenvalue weighted by Gasteiger charge is 2.51. The molecule has 2 aliphatic heterocycles. The van der Waals surface area contributed by atoms with E-state index in [-0.39, 0.29) is 17.0 Å². The number of hydrogen-bond acceptors (Lipinski definition) is 9. The number of nitrogens with two attached hydrogens (primary N) is 1. The third-order valence-electron chi connectivity index (χ3n) is 3.23. The lowest BCUT2D eigenvalue weighted by atomic mass is 10.0. The zero-order valence-electron chi connectivity index (χ0n) is 11.4. The van der Waals surface area contributed by atoms with Crippen LogP contribution >= 0.6 is 35.1 Å². The zero-order valence-corrected chi connectivity index (χ0v) is 13.8. The van der Waals surface area contributed by atoms with Crippen LogP contribution in [0.25, 0.3) is 0 Å². The number of rotatable bonds is 5. The number of carbonyl (C=O) groups excluding carboxylic acids is 1. The van der Waals surface area contributed by atoms with E-state index in [4.69, 9.17) is 10.5 Å². The number of β-lactam (4-membered cyclic amide) rings is 1. The molecule has 11 heteroatoms. The Labute approximate surface area is 138 Å². The van der Waals surface area contributed by atoms with Gasteiger partial charge in [0.1, 0.15) is 17.1 Å². The van der Waals surface area contributed by atoms with E-state index in [0.29, 0.717) is 27.4 Å². The molecule has 3 N–H and O–H groups in total. The highest BCUT2D eigenvalue weighted by molar-refractivity contribution is 8.01. The van der Waals surface area contributed by atoms with Gasteiger partial charge in [0, 0.05) is 11.5 Å². The van der Waals surface area contributed by atoms with Crippen molar-refractivity contribution in [3.05, 3.63) is 11.3 Å². The second-order valence-electron chi connectivity index (χ2n) is 4.53. The van der Waals surface area contributed by atoms with Gasteiger partial charge in [-0.2, -0.15) is 4.98 Å². The first-order chi connectivity index (χ1) is 10.5. The lowest BCUT2D eigenvalue weighted by Crippen LogP contribution is -2.68. The van der Waals surface area contributed by atoms with Gasteiger partial charge in [0.25, 0.3) is 0 Å². The van der Waals surface area contributed by atoms with Crippen molar-refractivity contribution in [3.63, 3.8) is 0 Å². The molecule has 0 saturated carbocycles. The summed E-state index contributed by atoms with van der Waals surface area (Å²) in [5.74, 6) is -0.475. The third kappa shape index (κ3) is 2.57. The first kappa shape index (κ1) is 15.6. The number of amides is 1. The second-order valence-corrected chi connectivity index (χ2v) is 7.61. The van der Waals surface area contributed by atoms with Gasteiger partial charge in [-0.1, -0.05) is 11.8 Å². The lowest BCUT2D eigenvalue weighted by molar-refractivity contribution is -0.147. The standard InChI is InChI=1S/C11H12N4O4S3/c1-19-10-13-11(22-14-10)21-3-4-2-20-8-5(12)7(16)15(8)6(4)9(17)18/h5,8H,2-3,12H2,1H3,(H,17,18)/t5?,8-/m1/s1. The number of fused-ring (bicyclic) bond motifs is 1. The van der Waals surface area contributed by atoms with Crippen LogP contribution in [0.3, 0.4) is 0 Å². The molecular weight excluding hydrogens is 348 g/mol. The van der Waals surface area contributed by atoms with E-state index in [2.05, 4.69) is 9.36 Å². The van der Waals surface area contributed by atoms with Gasteiger partial charge in [0.2, 0.25) is 5.91 Å². The van der Waals surface area contributed by atoms with Crippen LogP contribution in [-0.4, -0.2) is 61.3 Å². The number of nitrogens with zero attached hydrogens (tertiary/aromatic N) is 3. The summed E-state index contributed by atoms with van der Waals surface area (Å²) in [6.07, 6.45) is 0. The maximum absolute atomic E-state index is 11.8. The molecule has 0 aliphatic carbocycles. The molecule has 118 valence electrons. The number of carbonyl (C=O) groups is 2. The summed E-state index contributed by atoms with van der Waals surface area (Å²) in [7, 11) is 1.48. The minimum atomic E-state index is -1.10. The molecule has 1 aromatic heterocycles. The topological polar surface area (TPSA) is 119 Å². The van der Waals surface area contributed by atoms with Gasteiger partial charge >= 0.3 is 12.0 Å². The summed E-state index contributed by atoms with van der Waals surface area (Å²) < 4.78 is 9.58. The average molecular weight is 360 g/mol. The van der Waals surface area contributed by atoms with E-state index in [1.165, 1.54) is 47.1 Å². The highest BCUT2D eigenvalue weighted by atomic mass is 32.2. The average Bonchev–Trinajstić information content (AvgIpc) is 2.99. The number of carboxylic acids is 1. The first-order valence-electron chi connectivity index (χ1n) is 6.19. The van der Waals surface area contributed by atoms with Gasteiger partial charge in [-0.05, 0) is 17.1 Å². The van der Waals surface area contributed by atoms with Crippen LogP contribution in [0, 0.1) is 0 Å². The number of carboxylic acid groups (broad SMARTS) is 1. The molecular formula is C11H12N4O4S3. The molecule has 1 amide bonds. The Kier molecular flexibility index (Phi) is 4.30. The number of aromatic nitrogens is 2. The molecule has 3 heterocycles. The molecule has 0 bridgehead atoms. The van der Waals surface area contributed by atoms with Gasteiger partial charge in [0.15, 0.2) is 4.34 Å². The summed E-state index contributed by atoms with van der Waals surface area (Å²) in [5, 5.41) is 9.15. The Balaban J connectivity index is 1.78. The molecule has 0 aromatic carbocycles. The minimum Gasteiger partial charge on any atom is -0.477 e. The largest absolute Gasteiger partial charge is 0.477 e. The van der Waals surface area contributed by atoms with Crippen molar-refractivity contribution in [3.8, 4) is 6.01 Å². The summed E-state index contributed by atoms with van der Waals surface area (Å²) in [5.41, 5.74) is 6.45. The van der Waals surface area contributed by atoms with Crippen molar-refractivity contribution in [2.75, 3.05) is 18.6 Å². The first-order valence-corrected chi connectivity index (χ1v) is 8.99. The fourth-order valence-corrected chi connectivity index (χ4v) is 5.17. The van der Waals surface area contributed by atoms with Crippen molar-refractivity contribution in [2.45, 2.75) is 15.8 Å². The van der Waals surface area contributed by atoms with Crippen LogP contribution < -0.4 is 10.5 Å². The van der Waals surface area contributed by atoms with E-state index in [1.54, 1.807) is 0 Å². The molecule has 1 fully saturated rings. The van der Waals surface area contributed by atoms with Gasteiger partial charge < -0.3 is 15.6 Å². The van der Waals surface area contributed by atoms with Crippen molar-refractivity contribution < 1.29 is 19.4 Å². The quantitative estimate of drug-likeness (QED) is 0.561. The Bertz CT molecular complexity index is 662. The van der Waals surface area contributed by atoms with Crippen LogP contribution in [0.1, 0.15) is 0 Å². The molecule has 22 heavy (non-hydrogen) atoms. The number of methoxy groups -OCH3 is 1. The molecule has 1 aromatic rings. The van der Waals surface area contributed by atoms with Gasteiger partial charge in [-0.15, -0.1) is 16.1 Å². The fourth-order valence-electron chi connectivity index (χ4n) is 2.18. The molecule has 1 unspecified atom stereocenters. The predicted octanol–water partition coefficient (Wildman–Crippen LogP) is 0.220. The normalized spacial score (nSPS) is 24.1. The van der Waals surface area contributed by atoms with Crippen molar-refractivity contribution in [1.29, 1.82) is 0 Å². The van der Waals surface area contributed by atoms with Crippen LogP contribution in [0.2, 0.25) is 0 Å². The summed E-state index contributed by atoms with van der Waals surface area (Å²) >= 11 is 4.05. The molecule has 0 radical (unpaired) electrons. The molecule has 3 rings (SSSR count). The van der Waals surface area contributed by atoms with Gasteiger partial charge in [-0.3, -0.25) is 9.69 Å². The molecule has 2 aliphatic rings. The SMILES string of the molecule is COc1nsc(SCC2=C(C(=O)O)N3C(=O)C(N)[C@H]3SC2)n1. The van der Waals surface area contributed by atoms with Crippen molar-refractivity contribution >= 4 is 46.9 Å². The summed E-state index contributed by atoms with van der Waals surface area (Å²) in [6.45, 7) is 0. The van der Waals surface area contributed by atoms with E-state index in [1.807, 2.05) is 0 Å². The van der Waals surface area contributed by atoms with E-state index in [9.17, 15) is 14.7 Å². The van der Waals surface area contributed by atoms with Gasteiger partial charge in [0.05, 0.1) is 7.11 Å². The van der Waals surface area contributed by atoms with Crippen LogP contribution in [0.5, 0.6) is 6.01 Å². The minimum absolute atomic E-state index is 0.0550. The molecule has 0 spiro atoms. The fraction of sp³-hybridized carbons (Fsp3) is 0.455. The van der Waals surface area contributed by atoms with E-state index < -0.39 is 12.0 Å². The smallest absolute Gasteiger partial charge is 0.352 e. The second kappa shape index (κ2) is 6.07. The summed E-state index contributed by atoms with van der Waals surface area (Å²) in [4.78, 5) is 28.7. The Morgan fingerprint density at radius 1 is 1.64 bits per heavy atom. The van der Waals surface area contributed by atoms with E-state index in [0.717, 1.165) is 0 Å². The Morgan fingerprint density at radius 3 is 3.05 bits per heavy atom. The molecule has 8 nitrogen and oxygen atoms in total. The number of aliphatic carboxylic acids is 1. The van der Waals surface area contributed by atoms with Gasteiger partial charge in [-0.25, -0.2) is 4.79 Å². The van der Waals surface area contributed by atoms with Crippen molar-refractivity contribution in [2.24, 2.45) is 5.73 Å². The highest BCUT2D eigenvalue weighted by Crippen LogP contribution is 2.40. The van der Waals surface area contributed by atoms with Crippen LogP contribution in [-0.2, 0) is 9.59 Å². The zero-order chi connectivity index (χ0) is 15.9. The predicted molar refractivity (Wildman–Crippen MR) is 82.9 cm³/mol. The van der Waals surface area contributed by atoms with Crippen molar-refractivity contribution in [1.82, 2.24) is 14.3 Å². The Morgan fingerprint density at radius 2 is 2.41 bits per heavy atom. The molecule has 2 atom stereocenters. The Hall–Kier alpha value is -1.30. The number of thioether (sulfide) groups is 2. The monoisotopic (exact) mass is 360 g/mol. The molecule has 1 saturated heterocycles. The van der Waals surface area contributed by atoms with E-state index >= 15 is 0 Å². The maximum Gasteiger partial charge on any atom is 0.352 e. The number of hydrogen-bond donors (Lipinski definition) is 2. The summed E-state index contributed by atoms with van der Waals surface area (Å²) in [6, 6.07) is -0.317.